The SMILES string of the molecule is CCCC(C)COc1ccc(C=O)c(C(F)(F)F)c1. The van der Waals surface area contributed by atoms with E-state index in [1.807, 2.05) is 13.8 Å². The zero-order valence-corrected chi connectivity index (χ0v) is 11.0. The Balaban J connectivity index is 2.84. The molecule has 0 aromatic heterocycles. The fourth-order valence-electron chi connectivity index (χ4n) is 1.79. The summed E-state index contributed by atoms with van der Waals surface area (Å²) in [6, 6.07) is 3.40. The molecule has 0 saturated heterocycles. The number of ether oxygens (including phenoxy) is 1. The molecule has 0 fully saturated rings. The zero-order valence-electron chi connectivity index (χ0n) is 11.0. The van der Waals surface area contributed by atoms with Gasteiger partial charge in [-0.3, -0.25) is 4.79 Å². The molecule has 0 aliphatic heterocycles. The predicted molar refractivity (Wildman–Crippen MR) is 66.4 cm³/mol. The third-order valence-electron chi connectivity index (χ3n) is 2.77. The number of carbonyl (C=O) groups excluding carboxylic acids is 1. The summed E-state index contributed by atoms with van der Waals surface area (Å²) in [5.74, 6) is 0.422. The molecule has 0 spiro atoms. The van der Waals surface area contributed by atoms with Crippen molar-refractivity contribution < 1.29 is 22.7 Å². The van der Waals surface area contributed by atoms with Gasteiger partial charge in [-0.25, -0.2) is 0 Å². The van der Waals surface area contributed by atoms with Crippen LogP contribution in [0.25, 0.3) is 0 Å². The van der Waals surface area contributed by atoms with E-state index in [0.717, 1.165) is 25.0 Å². The van der Waals surface area contributed by atoms with Crippen molar-refractivity contribution in [1.29, 1.82) is 0 Å². The molecule has 1 atom stereocenters. The molecule has 1 rings (SSSR count). The van der Waals surface area contributed by atoms with Crippen LogP contribution in [0.5, 0.6) is 5.75 Å². The van der Waals surface area contributed by atoms with Crippen molar-refractivity contribution in [2.45, 2.75) is 32.9 Å². The number of alkyl halides is 3. The van der Waals surface area contributed by atoms with Crippen LogP contribution in [0, 0.1) is 5.92 Å². The molecule has 2 nitrogen and oxygen atoms in total. The Morgan fingerprint density at radius 2 is 2.05 bits per heavy atom. The highest BCUT2D eigenvalue weighted by atomic mass is 19.4. The first kappa shape index (κ1) is 15.5. The van der Waals surface area contributed by atoms with Crippen LogP contribution < -0.4 is 4.74 Å². The molecular formula is C14H17F3O2. The quantitative estimate of drug-likeness (QED) is 0.721. The van der Waals surface area contributed by atoms with Gasteiger partial charge in [0.2, 0.25) is 0 Å². The van der Waals surface area contributed by atoms with E-state index in [2.05, 4.69) is 0 Å². The molecule has 0 radical (unpaired) electrons. The lowest BCUT2D eigenvalue weighted by Gasteiger charge is -2.14. The largest absolute Gasteiger partial charge is 0.493 e. The monoisotopic (exact) mass is 274 g/mol. The van der Waals surface area contributed by atoms with Crippen LogP contribution in [0.15, 0.2) is 18.2 Å². The summed E-state index contributed by atoms with van der Waals surface area (Å²) >= 11 is 0. The van der Waals surface area contributed by atoms with E-state index < -0.39 is 11.7 Å². The third-order valence-corrected chi connectivity index (χ3v) is 2.77. The van der Waals surface area contributed by atoms with Gasteiger partial charge in [-0.15, -0.1) is 0 Å². The molecule has 1 unspecified atom stereocenters. The smallest absolute Gasteiger partial charge is 0.417 e. The summed E-state index contributed by atoms with van der Waals surface area (Å²) in [7, 11) is 0. The maximum atomic E-state index is 12.7. The van der Waals surface area contributed by atoms with Crippen molar-refractivity contribution >= 4 is 6.29 Å². The van der Waals surface area contributed by atoms with Crippen molar-refractivity contribution in [1.82, 2.24) is 0 Å². The number of rotatable bonds is 6. The minimum Gasteiger partial charge on any atom is -0.493 e. The number of aldehydes is 1. The van der Waals surface area contributed by atoms with Gasteiger partial charge >= 0.3 is 6.18 Å². The highest BCUT2D eigenvalue weighted by Gasteiger charge is 2.33. The van der Waals surface area contributed by atoms with E-state index in [9.17, 15) is 18.0 Å². The zero-order chi connectivity index (χ0) is 14.5. The average Bonchev–Trinajstić information content (AvgIpc) is 2.35. The van der Waals surface area contributed by atoms with Crippen molar-refractivity contribution in [2.24, 2.45) is 5.92 Å². The van der Waals surface area contributed by atoms with Crippen molar-refractivity contribution in [3.63, 3.8) is 0 Å². The molecule has 5 heteroatoms. The summed E-state index contributed by atoms with van der Waals surface area (Å²) in [6.45, 7) is 4.39. The number of benzene rings is 1. The second-order valence-corrected chi connectivity index (χ2v) is 4.57. The lowest BCUT2D eigenvalue weighted by atomic mass is 10.1. The maximum Gasteiger partial charge on any atom is 0.417 e. The predicted octanol–water partition coefficient (Wildman–Crippen LogP) is 4.33. The van der Waals surface area contributed by atoms with Crippen LogP contribution in [0.2, 0.25) is 0 Å². The minimum atomic E-state index is -4.55. The number of carbonyl (C=O) groups is 1. The van der Waals surface area contributed by atoms with Gasteiger partial charge < -0.3 is 4.74 Å². The fraction of sp³-hybridized carbons (Fsp3) is 0.500. The summed E-state index contributed by atoms with van der Waals surface area (Å²) in [5.41, 5.74) is -1.33. The van der Waals surface area contributed by atoms with Crippen LogP contribution in [0.3, 0.4) is 0 Å². The van der Waals surface area contributed by atoms with E-state index in [1.54, 1.807) is 0 Å². The number of halogens is 3. The van der Waals surface area contributed by atoms with Gasteiger partial charge in [0.1, 0.15) is 5.75 Å². The Labute approximate surface area is 110 Å². The van der Waals surface area contributed by atoms with Crippen LogP contribution in [-0.4, -0.2) is 12.9 Å². The molecule has 19 heavy (non-hydrogen) atoms. The Morgan fingerprint density at radius 3 is 2.58 bits per heavy atom. The van der Waals surface area contributed by atoms with E-state index >= 15 is 0 Å². The summed E-state index contributed by atoms with van der Waals surface area (Å²) in [4.78, 5) is 10.6. The average molecular weight is 274 g/mol. The molecule has 0 aliphatic carbocycles. The van der Waals surface area contributed by atoms with E-state index in [4.69, 9.17) is 4.74 Å². The summed E-state index contributed by atoms with van der Waals surface area (Å²) in [5, 5.41) is 0. The Kier molecular flexibility index (Phi) is 5.39. The molecule has 0 amide bonds. The summed E-state index contributed by atoms with van der Waals surface area (Å²) in [6.07, 6.45) is -2.39. The third kappa shape index (κ3) is 4.58. The molecule has 1 aromatic rings. The van der Waals surface area contributed by atoms with Gasteiger partial charge in [-0.1, -0.05) is 20.3 Å². The van der Waals surface area contributed by atoms with Crippen LogP contribution >= 0.6 is 0 Å². The van der Waals surface area contributed by atoms with Crippen LogP contribution in [0.1, 0.15) is 42.6 Å². The molecule has 0 bridgehead atoms. The first-order chi connectivity index (χ1) is 8.88. The summed E-state index contributed by atoms with van der Waals surface area (Å²) < 4.78 is 43.5. The van der Waals surface area contributed by atoms with Gasteiger partial charge in [0.15, 0.2) is 6.29 Å². The van der Waals surface area contributed by atoms with E-state index in [-0.39, 0.29) is 23.5 Å². The van der Waals surface area contributed by atoms with Gasteiger partial charge in [0.05, 0.1) is 12.2 Å². The Morgan fingerprint density at radius 1 is 1.37 bits per heavy atom. The van der Waals surface area contributed by atoms with Crippen molar-refractivity contribution in [3.05, 3.63) is 29.3 Å². The topological polar surface area (TPSA) is 26.3 Å². The molecule has 1 aromatic carbocycles. The maximum absolute atomic E-state index is 12.7. The Bertz CT molecular complexity index is 427. The molecule has 0 aliphatic rings. The lowest BCUT2D eigenvalue weighted by molar-refractivity contribution is -0.137. The fourth-order valence-corrected chi connectivity index (χ4v) is 1.79. The number of hydrogen-bond acceptors (Lipinski definition) is 2. The molecule has 106 valence electrons. The van der Waals surface area contributed by atoms with Gasteiger partial charge in [-0.2, -0.15) is 13.2 Å². The highest BCUT2D eigenvalue weighted by Crippen LogP contribution is 2.33. The van der Waals surface area contributed by atoms with E-state index in [1.165, 1.54) is 6.07 Å². The first-order valence-electron chi connectivity index (χ1n) is 6.17. The van der Waals surface area contributed by atoms with Crippen LogP contribution in [-0.2, 0) is 6.18 Å². The standard InChI is InChI=1S/C14H17F3O2/c1-3-4-10(2)9-19-12-6-5-11(8-18)13(7-12)14(15,16)17/h5-8,10H,3-4,9H2,1-2H3. The first-order valence-corrected chi connectivity index (χ1v) is 6.17. The van der Waals surface area contributed by atoms with E-state index in [0.29, 0.717) is 6.61 Å². The highest BCUT2D eigenvalue weighted by molar-refractivity contribution is 5.78. The van der Waals surface area contributed by atoms with Gasteiger partial charge in [0.25, 0.3) is 0 Å². The molecule has 0 saturated carbocycles. The van der Waals surface area contributed by atoms with Gasteiger partial charge in [0, 0.05) is 5.56 Å². The van der Waals surface area contributed by atoms with Crippen molar-refractivity contribution in [3.8, 4) is 5.75 Å². The molecular weight excluding hydrogens is 257 g/mol. The molecule has 0 heterocycles. The minimum absolute atomic E-state index is 0.140. The van der Waals surface area contributed by atoms with Crippen LogP contribution in [0.4, 0.5) is 13.2 Å². The lowest BCUT2D eigenvalue weighted by Crippen LogP contribution is -2.11. The molecule has 0 N–H and O–H groups in total. The second kappa shape index (κ2) is 6.59. The van der Waals surface area contributed by atoms with Gasteiger partial charge in [-0.05, 0) is 30.5 Å². The normalized spacial score (nSPS) is 13.1. The Hall–Kier alpha value is -1.52. The number of hydrogen-bond donors (Lipinski definition) is 0. The second-order valence-electron chi connectivity index (χ2n) is 4.57. The van der Waals surface area contributed by atoms with Crippen molar-refractivity contribution in [2.75, 3.05) is 6.61 Å².